The number of carbonyl (C=O) groups is 2. The maximum absolute atomic E-state index is 12.2. The molecule has 0 N–H and O–H groups in total. The molecule has 1 aromatic carbocycles. The van der Waals surface area contributed by atoms with E-state index in [0.29, 0.717) is 6.42 Å². The number of likely N-dealkylation sites (tertiary alicyclic amines) is 1. The molecule has 1 aliphatic heterocycles. The SMILES string of the molecule is COC(=O)[C@@H]1CC[C@H](c2c(C)cc(C)cc2C)N1C(=O)OC. The van der Waals surface area contributed by atoms with Gasteiger partial charge < -0.3 is 9.47 Å². The highest BCUT2D eigenvalue weighted by Crippen LogP contribution is 2.40. The molecule has 1 saturated heterocycles. The molecule has 2 rings (SSSR count). The Morgan fingerprint density at radius 1 is 1.05 bits per heavy atom. The summed E-state index contributed by atoms with van der Waals surface area (Å²) >= 11 is 0. The van der Waals surface area contributed by atoms with Crippen LogP contribution in [0.4, 0.5) is 4.79 Å². The van der Waals surface area contributed by atoms with E-state index in [1.165, 1.54) is 24.7 Å². The molecule has 1 heterocycles. The highest BCUT2D eigenvalue weighted by atomic mass is 16.5. The monoisotopic (exact) mass is 305 g/mol. The summed E-state index contributed by atoms with van der Waals surface area (Å²) in [6.45, 7) is 6.13. The average Bonchev–Trinajstić information content (AvgIpc) is 2.89. The number of hydrogen-bond donors (Lipinski definition) is 0. The van der Waals surface area contributed by atoms with Crippen molar-refractivity contribution in [3.8, 4) is 0 Å². The lowest BCUT2D eigenvalue weighted by Gasteiger charge is -2.29. The van der Waals surface area contributed by atoms with Gasteiger partial charge in [0.15, 0.2) is 0 Å². The zero-order valence-corrected chi connectivity index (χ0v) is 13.8. The van der Waals surface area contributed by atoms with E-state index in [9.17, 15) is 9.59 Å². The number of ether oxygens (including phenoxy) is 2. The van der Waals surface area contributed by atoms with Crippen molar-refractivity contribution in [2.45, 2.75) is 45.7 Å². The van der Waals surface area contributed by atoms with Gasteiger partial charge in [0.05, 0.1) is 20.3 Å². The fourth-order valence-corrected chi connectivity index (χ4v) is 3.54. The van der Waals surface area contributed by atoms with Gasteiger partial charge >= 0.3 is 12.1 Å². The molecule has 0 aromatic heterocycles. The number of methoxy groups -OCH3 is 2. The lowest BCUT2D eigenvalue weighted by molar-refractivity contribution is -0.145. The van der Waals surface area contributed by atoms with Crippen LogP contribution in [0.3, 0.4) is 0 Å². The third-order valence-corrected chi connectivity index (χ3v) is 4.32. The molecule has 0 bridgehead atoms. The van der Waals surface area contributed by atoms with Gasteiger partial charge in [-0.25, -0.2) is 9.59 Å². The molecule has 0 radical (unpaired) electrons. The molecule has 1 amide bonds. The summed E-state index contributed by atoms with van der Waals surface area (Å²) < 4.78 is 9.73. The van der Waals surface area contributed by atoms with Crippen LogP contribution in [0, 0.1) is 20.8 Å². The summed E-state index contributed by atoms with van der Waals surface area (Å²) in [5.41, 5.74) is 4.54. The van der Waals surface area contributed by atoms with Gasteiger partial charge in [0.25, 0.3) is 0 Å². The lowest BCUT2D eigenvalue weighted by Crippen LogP contribution is -2.42. The number of nitrogens with zero attached hydrogens (tertiary/aromatic N) is 1. The van der Waals surface area contributed by atoms with Gasteiger partial charge in [-0.05, 0) is 50.3 Å². The van der Waals surface area contributed by atoms with Gasteiger partial charge in [0, 0.05) is 0 Å². The molecule has 5 nitrogen and oxygen atoms in total. The van der Waals surface area contributed by atoms with Crippen molar-refractivity contribution in [3.63, 3.8) is 0 Å². The fourth-order valence-electron chi connectivity index (χ4n) is 3.54. The van der Waals surface area contributed by atoms with Gasteiger partial charge in [-0.15, -0.1) is 0 Å². The largest absolute Gasteiger partial charge is 0.467 e. The Morgan fingerprint density at radius 3 is 2.14 bits per heavy atom. The molecule has 1 aromatic rings. The maximum Gasteiger partial charge on any atom is 0.410 e. The van der Waals surface area contributed by atoms with Crippen molar-refractivity contribution in [1.29, 1.82) is 0 Å². The molecular weight excluding hydrogens is 282 g/mol. The van der Waals surface area contributed by atoms with Gasteiger partial charge in [-0.1, -0.05) is 17.7 Å². The van der Waals surface area contributed by atoms with Crippen molar-refractivity contribution >= 4 is 12.1 Å². The zero-order chi connectivity index (χ0) is 16.4. The number of aryl methyl sites for hydroxylation is 3. The first-order valence-corrected chi connectivity index (χ1v) is 7.42. The molecule has 0 unspecified atom stereocenters. The van der Waals surface area contributed by atoms with Crippen LogP contribution in [0.5, 0.6) is 0 Å². The third-order valence-electron chi connectivity index (χ3n) is 4.32. The van der Waals surface area contributed by atoms with Crippen molar-refractivity contribution in [2.24, 2.45) is 0 Å². The standard InChI is InChI=1S/C17H23NO4/c1-10-8-11(2)15(12(3)9-10)13-6-7-14(16(19)21-4)18(13)17(20)22-5/h8-9,13-14H,6-7H2,1-5H3/t13-,14+/m1/s1. The van der Waals surface area contributed by atoms with Crippen LogP contribution in [-0.2, 0) is 14.3 Å². The summed E-state index contributed by atoms with van der Waals surface area (Å²) in [5.74, 6) is -0.393. The highest BCUT2D eigenvalue weighted by molar-refractivity contribution is 5.82. The van der Waals surface area contributed by atoms with Crippen molar-refractivity contribution in [3.05, 3.63) is 34.4 Å². The maximum atomic E-state index is 12.2. The number of rotatable bonds is 2. The van der Waals surface area contributed by atoms with Crippen molar-refractivity contribution in [1.82, 2.24) is 4.90 Å². The molecular formula is C17H23NO4. The van der Waals surface area contributed by atoms with E-state index in [1.54, 1.807) is 0 Å². The van der Waals surface area contributed by atoms with Crippen LogP contribution in [-0.4, -0.2) is 37.2 Å². The minimum atomic E-state index is -0.581. The quantitative estimate of drug-likeness (QED) is 0.788. The number of benzene rings is 1. The molecule has 1 aliphatic rings. The second-order valence-corrected chi connectivity index (χ2v) is 5.82. The Kier molecular flexibility index (Phi) is 4.74. The molecule has 0 saturated carbocycles. The van der Waals surface area contributed by atoms with Gasteiger partial charge in [-0.3, -0.25) is 4.90 Å². The normalized spacial score (nSPS) is 20.9. The third kappa shape index (κ3) is 2.80. The van der Waals surface area contributed by atoms with Crippen LogP contribution in [0.25, 0.3) is 0 Å². The summed E-state index contributed by atoms with van der Waals surface area (Å²) in [5, 5.41) is 0. The molecule has 120 valence electrons. The summed E-state index contributed by atoms with van der Waals surface area (Å²) in [6, 6.07) is 3.46. The Labute approximate surface area is 131 Å². The molecule has 0 spiro atoms. The summed E-state index contributed by atoms with van der Waals surface area (Å²) in [6.07, 6.45) is 0.816. The minimum absolute atomic E-state index is 0.155. The molecule has 0 aliphatic carbocycles. The zero-order valence-electron chi connectivity index (χ0n) is 13.8. The summed E-state index contributed by atoms with van der Waals surface area (Å²) in [7, 11) is 2.68. The lowest BCUT2D eigenvalue weighted by atomic mass is 9.93. The molecule has 2 atom stereocenters. The van der Waals surface area contributed by atoms with E-state index < -0.39 is 18.1 Å². The van der Waals surface area contributed by atoms with Crippen LogP contribution in [0.2, 0.25) is 0 Å². The van der Waals surface area contributed by atoms with Crippen LogP contribution < -0.4 is 0 Å². The average molecular weight is 305 g/mol. The van der Waals surface area contributed by atoms with E-state index >= 15 is 0 Å². The second-order valence-electron chi connectivity index (χ2n) is 5.82. The van der Waals surface area contributed by atoms with E-state index in [-0.39, 0.29) is 6.04 Å². The Bertz CT molecular complexity index is 573. The van der Waals surface area contributed by atoms with Crippen molar-refractivity contribution in [2.75, 3.05) is 14.2 Å². The minimum Gasteiger partial charge on any atom is -0.467 e. The van der Waals surface area contributed by atoms with Crippen LogP contribution >= 0.6 is 0 Å². The predicted molar refractivity (Wildman–Crippen MR) is 82.7 cm³/mol. The summed E-state index contributed by atoms with van der Waals surface area (Å²) in [4.78, 5) is 25.7. The van der Waals surface area contributed by atoms with E-state index in [2.05, 4.69) is 12.1 Å². The van der Waals surface area contributed by atoms with E-state index in [4.69, 9.17) is 9.47 Å². The Balaban J connectivity index is 2.46. The number of hydrogen-bond acceptors (Lipinski definition) is 4. The van der Waals surface area contributed by atoms with E-state index in [0.717, 1.165) is 23.1 Å². The number of esters is 1. The van der Waals surface area contributed by atoms with Crippen molar-refractivity contribution < 1.29 is 19.1 Å². The van der Waals surface area contributed by atoms with E-state index in [1.807, 2.05) is 20.8 Å². The van der Waals surface area contributed by atoms with Gasteiger partial charge in [0.1, 0.15) is 6.04 Å². The fraction of sp³-hybridized carbons (Fsp3) is 0.529. The Morgan fingerprint density at radius 2 is 1.64 bits per heavy atom. The smallest absolute Gasteiger partial charge is 0.410 e. The topological polar surface area (TPSA) is 55.8 Å². The van der Waals surface area contributed by atoms with Gasteiger partial charge in [-0.2, -0.15) is 0 Å². The highest BCUT2D eigenvalue weighted by Gasteiger charge is 2.43. The first kappa shape index (κ1) is 16.3. The predicted octanol–water partition coefficient (Wildman–Crippen LogP) is 3.06. The Hall–Kier alpha value is -2.04. The first-order chi connectivity index (χ1) is 10.4. The number of amides is 1. The second kappa shape index (κ2) is 6.38. The van der Waals surface area contributed by atoms with Crippen LogP contribution in [0.1, 0.15) is 41.1 Å². The first-order valence-electron chi connectivity index (χ1n) is 7.42. The molecule has 1 fully saturated rings. The van der Waals surface area contributed by atoms with Crippen LogP contribution in [0.15, 0.2) is 12.1 Å². The molecule has 5 heteroatoms. The molecule has 22 heavy (non-hydrogen) atoms. The number of carbonyl (C=O) groups excluding carboxylic acids is 2. The van der Waals surface area contributed by atoms with Gasteiger partial charge in [0.2, 0.25) is 0 Å².